The Morgan fingerprint density at radius 2 is 1.55 bits per heavy atom. The van der Waals surface area contributed by atoms with Gasteiger partial charge in [0.1, 0.15) is 28.5 Å². The number of carbonyl (C=O) groups excluding carboxylic acids is 1. The Morgan fingerprint density at radius 3 is 2.25 bits per heavy atom. The van der Waals surface area contributed by atoms with Crippen molar-refractivity contribution in [1.82, 2.24) is 0 Å². The van der Waals surface area contributed by atoms with E-state index in [0.29, 0.717) is 48.0 Å². The molecule has 9 rings (SSSR count). The van der Waals surface area contributed by atoms with Crippen LogP contribution in [0.15, 0.2) is 75.5 Å². The van der Waals surface area contributed by atoms with Crippen molar-refractivity contribution in [2.24, 2.45) is 50.2 Å². The van der Waals surface area contributed by atoms with Crippen LogP contribution in [-0.4, -0.2) is 51.2 Å². The monoisotopic (exact) mass is 822 g/mol. The molecule has 0 amide bonds. The number of allylic oxidation sites excluding steroid dienone is 2. The van der Waals surface area contributed by atoms with Gasteiger partial charge < -0.3 is 29.2 Å². The van der Waals surface area contributed by atoms with Gasteiger partial charge in [-0.25, -0.2) is 9.59 Å². The normalized spacial score (nSPS) is 37.3. The molecular weight excluding hydrogens is 757 g/mol. The molecular formula is C51H66O9. The second kappa shape index (κ2) is 14.3. The first-order valence-electron chi connectivity index (χ1n) is 22.3. The van der Waals surface area contributed by atoms with E-state index < -0.39 is 28.7 Å². The first kappa shape index (κ1) is 42.7. The van der Waals surface area contributed by atoms with Crippen molar-refractivity contribution < 1.29 is 38.8 Å². The van der Waals surface area contributed by atoms with Crippen LogP contribution < -0.4 is 10.4 Å². The minimum absolute atomic E-state index is 0.0218. The van der Waals surface area contributed by atoms with Crippen molar-refractivity contribution in [2.45, 2.75) is 150 Å². The highest BCUT2D eigenvalue weighted by atomic mass is 16.6. The number of hydrogen-bond donors (Lipinski definition) is 3. The van der Waals surface area contributed by atoms with E-state index >= 15 is 0 Å². The van der Waals surface area contributed by atoms with Gasteiger partial charge in [-0.15, -0.1) is 0 Å². The molecule has 1 aromatic heterocycles. The summed E-state index contributed by atoms with van der Waals surface area (Å²) in [5.41, 5.74) is 1.06. The summed E-state index contributed by atoms with van der Waals surface area (Å²) >= 11 is 0. The second-order valence-corrected chi connectivity index (χ2v) is 22.1. The van der Waals surface area contributed by atoms with E-state index in [2.05, 4.69) is 54.5 Å². The molecule has 60 heavy (non-hydrogen) atoms. The summed E-state index contributed by atoms with van der Waals surface area (Å²) in [5.74, 6) is 0.359. The van der Waals surface area contributed by atoms with E-state index in [0.717, 1.165) is 55.9 Å². The molecule has 0 radical (unpaired) electrons. The molecule has 4 fully saturated rings. The zero-order valence-corrected chi connectivity index (χ0v) is 37.1. The lowest BCUT2D eigenvalue weighted by molar-refractivity contribution is -0.218. The highest BCUT2D eigenvalue weighted by molar-refractivity contribution is 5.89. The van der Waals surface area contributed by atoms with Crippen LogP contribution in [0.1, 0.15) is 136 Å². The van der Waals surface area contributed by atoms with Crippen LogP contribution in [0.4, 0.5) is 0 Å². The van der Waals surface area contributed by atoms with Crippen LogP contribution in [0.5, 0.6) is 5.75 Å². The van der Waals surface area contributed by atoms with E-state index in [4.69, 9.17) is 13.9 Å². The lowest BCUT2D eigenvalue weighted by Gasteiger charge is -2.71. The molecule has 6 aliphatic rings. The fraction of sp³-hybridized carbons (Fsp3) is 0.627. The Labute approximate surface area is 354 Å². The fourth-order valence-corrected chi connectivity index (χ4v) is 13.9. The van der Waals surface area contributed by atoms with E-state index in [1.54, 1.807) is 36.4 Å². The molecule has 2 aromatic carbocycles. The maximum atomic E-state index is 12.8. The van der Waals surface area contributed by atoms with Crippen molar-refractivity contribution in [3.05, 3.63) is 87.8 Å². The number of esters is 1. The lowest BCUT2D eigenvalue weighted by atomic mass is 9.33. The van der Waals surface area contributed by atoms with Gasteiger partial charge in [0.15, 0.2) is 0 Å². The molecule has 0 bridgehead atoms. The first-order valence-corrected chi connectivity index (χ1v) is 22.3. The summed E-state index contributed by atoms with van der Waals surface area (Å²) in [5, 5.41) is 33.9. The summed E-state index contributed by atoms with van der Waals surface area (Å²) in [6, 6.07) is 15.7. The molecule has 3 N–H and O–H groups in total. The molecule has 9 heteroatoms. The number of fused-ring (bicyclic) bond motifs is 9. The summed E-state index contributed by atoms with van der Waals surface area (Å²) in [6.45, 7) is 20.1. The van der Waals surface area contributed by atoms with Crippen molar-refractivity contribution >= 4 is 22.9 Å². The Hall–Kier alpha value is -3.95. The zero-order chi connectivity index (χ0) is 43.4. The summed E-state index contributed by atoms with van der Waals surface area (Å²) in [6.07, 6.45) is 9.63. The number of carboxylic acids is 1. The van der Waals surface area contributed by atoms with E-state index in [-0.39, 0.29) is 51.2 Å². The number of rotatable bonds is 4. The van der Waals surface area contributed by atoms with Gasteiger partial charge in [0.25, 0.3) is 0 Å². The highest BCUT2D eigenvalue weighted by Crippen LogP contribution is 2.75. The Kier molecular flexibility index (Phi) is 10.2. The third-order valence-electron chi connectivity index (χ3n) is 17.7. The lowest BCUT2D eigenvalue weighted by Crippen LogP contribution is -2.67. The molecule has 9 nitrogen and oxygen atoms in total. The topological polar surface area (TPSA) is 144 Å². The average Bonchev–Trinajstić information content (AvgIpc) is 3.60. The first-order chi connectivity index (χ1) is 28.0. The third kappa shape index (κ3) is 6.49. The van der Waals surface area contributed by atoms with Gasteiger partial charge in [-0.05, 0) is 146 Å². The van der Waals surface area contributed by atoms with Gasteiger partial charge >= 0.3 is 17.6 Å². The van der Waals surface area contributed by atoms with E-state index in [9.17, 15) is 29.7 Å². The Morgan fingerprint density at radius 1 is 0.833 bits per heavy atom. The molecule has 0 spiro atoms. The maximum Gasteiger partial charge on any atom is 0.338 e. The van der Waals surface area contributed by atoms with Gasteiger partial charge in [0, 0.05) is 23.9 Å². The minimum atomic E-state index is -1.04. The molecule has 5 aliphatic carbocycles. The quantitative estimate of drug-likeness (QED) is 0.133. The molecule has 10 atom stereocenters. The van der Waals surface area contributed by atoms with Gasteiger partial charge in [-0.1, -0.05) is 78.3 Å². The molecule has 10 unspecified atom stereocenters. The standard InChI is InChI=1S/C30H48O4.C21H18O5/c1-25(2)14-15-30(24(33)34)19(16-25)18-8-9-21-27(5)12-11-22(31)26(3,4)20(27)10-13-28(21,6)29(18,7)17-23(30)32;1-21(2,26-20(23)13-6-4-3-5-7-13)18-11-15-10-14-8-9-19(22)25-16(14)12-17(15)24-18/h8,19-23,31-32H,9-17H2,1-7H3,(H,33,34);3-10,12,18H,11H2,1-2H3. The van der Waals surface area contributed by atoms with Crippen molar-refractivity contribution in [1.29, 1.82) is 0 Å². The number of carboxylic acid groups (broad SMARTS) is 1. The SMILES string of the molecule is CC(C)(OC(=O)c1ccccc1)C1Cc2cc3ccc(=O)oc3cc2O1.CC1(C)CCC2(C(=O)O)C(O)CC3(C)C(=CCC4C5(C)CCC(O)C(C)(C)C5CCC43C)C2C1. The maximum absolute atomic E-state index is 12.8. The number of carbonyl (C=O) groups is 2. The van der Waals surface area contributed by atoms with E-state index in [1.807, 2.05) is 26.0 Å². The molecule has 0 saturated heterocycles. The van der Waals surface area contributed by atoms with Crippen LogP contribution >= 0.6 is 0 Å². The van der Waals surface area contributed by atoms with Crippen molar-refractivity contribution in [3.8, 4) is 5.75 Å². The van der Waals surface area contributed by atoms with Crippen LogP contribution in [-0.2, 0) is 16.0 Å². The highest BCUT2D eigenvalue weighted by Gasteiger charge is 2.71. The smallest absolute Gasteiger partial charge is 0.338 e. The van der Waals surface area contributed by atoms with Gasteiger partial charge in [-0.3, -0.25) is 4.79 Å². The summed E-state index contributed by atoms with van der Waals surface area (Å²) < 4.78 is 16.9. The minimum Gasteiger partial charge on any atom is -0.485 e. The molecule has 3 aromatic rings. The fourth-order valence-electron chi connectivity index (χ4n) is 13.9. The number of hydrogen-bond acceptors (Lipinski definition) is 8. The number of ether oxygens (including phenoxy) is 2. The van der Waals surface area contributed by atoms with Gasteiger partial charge in [0.05, 0.1) is 17.8 Å². The molecule has 1 aliphatic heterocycles. The number of aliphatic hydroxyl groups is 2. The van der Waals surface area contributed by atoms with E-state index in [1.165, 1.54) is 11.6 Å². The molecule has 324 valence electrons. The summed E-state index contributed by atoms with van der Waals surface area (Å²) in [4.78, 5) is 36.6. The van der Waals surface area contributed by atoms with Crippen LogP contribution in [0.3, 0.4) is 0 Å². The Balaban J connectivity index is 0.000000172. The van der Waals surface area contributed by atoms with Crippen LogP contribution in [0, 0.1) is 50.2 Å². The molecule has 4 saturated carbocycles. The van der Waals surface area contributed by atoms with Gasteiger partial charge in [-0.2, -0.15) is 0 Å². The Bertz CT molecular complexity index is 2270. The largest absolute Gasteiger partial charge is 0.485 e. The van der Waals surface area contributed by atoms with Crippen LogP contribution in [0.2, 0.25) is 0 Å². The van der Waals surface area contributed by atoms with Gasteiger partial charge in [0.2, 0.25) is 0 Å². The van der Waals surface area contributed by atoms with Crippen molar-refractivity contribution in [2.75, 3.05) is 0 Å². The predicted octanol–water partition coefficient (Wildman–Crippen LogP) is 9.94. The van der Waals surface area contributed by atoms with Crippen molar-refractivity contribution in [3.63, 3.8) is 0 Å². The summed E-state index contributed by atoms with van der Waals surface area (Å²) in [7, 11) is 0. The van der Waals surface area contributed by atoms with Crippen LogP contribution in [0.25, 0.3) is 11.0 Å². The predicted molar refractivity (Wildman–Crippen MR) is 231 cm³/mol. The number of benzene rings is 2. The average molecular weight is 823 g/mol. The number of aliphatic hydroxyl groups excluding tert-OH is 2. The second-order valence-electron chi connectivity index (χ2n) is 22.1. The third-order valence-corrected chi connectivity index (χ3v) is 17.7. The zero-order valence-electron chi connectivity index (χ0n) is 37.1. The molecule has 2 heterocycles. The number of aliphatic carboxylic acids is 1.